The van der Waals surface area contributed by atoms with E-state index in [1.807, 2.05) is 34.6 Å². The Morgan fingerprint density at radius 1 is 0.929 bits per heavy atom. The molecule has 0 bridgehead atoms. The van der Waals surface area contributed by atoms with Gasteiger partial charge in [-0.3, -0.25) is 0 Å². The van der Waals surface area contributed by atoms with Crippen molar-refractivity contribution in [3.05, 3.63) is 0 Å². The molecule has 0 aliphatic rings. The van der Waals surface area contributed by atoms with Crippen LogP contribution in [0.25, 0.3) is 0 Å². The summed E-state index contributed by atoms with van der Waals surface area (Å²) in [5.74, 6) is 0. The van der Waals surface area contributed by atoms with Gasteiger partial charge in [-0.15, -0.1) is 0 Å². The lowest BCUT2D eigenvalue weighted by atomic mass is 9.77. The van der Waals surface area contributed by atoms with E-state index in [4.69, 9.17) is 0 Å². The van der Waals surface area contributed by atoms with Crippen LogP contribution in [0.5, 0.6) is 0 Å². The van der Waals surface area contributed by atoms with Crippen LogP contribution in [0.3, 0.4) is 0 Å². The summed E-state index contributed by atoms with van der Waals surface area (Å²) in [6.45, 7) is 9.14. The van der Waals surface area contributed by atoms with Crippen LogP contribution < -0.4 is 0 Å². The maximum Gasteiger partial charge on any atom is 0.109 e. The number of rotatable bonds is 4. The lowest BCUT2D eigenvalue weighted by Gasteiger charge is -2.39. The Bertz CT molecular complexity index is 168. The number of aliphatic hydroxyl groups is 3. The van der Waals surface area contributed by atoms with E-state index >= 15 is 0 Å². The highest BCUT2D eigenvalue weighted by atomic mass is 16.4. The highest BCUT2D eigenvalue weighted by Crippen LogP contribution is 2.30. The minimum Gasteiger partial charge on any atom is -0.390 e. The van der Waals surface area contributed by atoms with Gasteiger partial charge in [-0.25, -0.2) is 0 Å². The molecule has 0 fully saturated rings. The molecule has 0 rings (SSSR count). The minimum absolute atomic E-state index is 0.419. The third-order valence-corrected chi connectivity index (χ3v) is 2.96. The standard InChI is InChI=1S/C11H24O3/c1-6-11(14,7-2)9(13)8(12)10(3,4)5/h8-9,12-14H,6-7H2,1-5H3. The monoisotopic (exact) mass is 204 g/mol. The van der Waals surface area contributed by atoms with Crippen molar-refractivity contribution in [2.75, 3.05) is 0 Å². The Hall–Kier alpha value is -0.120. The van der Waals surface area contributed by atoms with Crippen LogP contribution in [0.4, 0.5) is 0 Å². The first-order chi connectivity index (χ1) is 6.19. The molecule has 0 saturated heterocycles. The Labute approximate surface area is 86.8 Å². The van der Waals surface area contributed by atoms with Crippen molar-refractivity contribution in [1.82, 2.24) is 0 Å². The molecule has 2 atom stereocenters. The van der Waals surface area contributed by atoms with Gasteiger partial charge in [0.2, 0.25) is 0 Å². The van der Waals surface area contributed by atoms with Crippen LogP contribution in [0.15, 0.2) is 0 Å². The zero-order chi connectivity index (χ0) is 11.6. The van der Waals surface area contributed by atoms with E-state index in [-0.39, 0.29) is 0 Å². The van der Waals surface area contributed by atoms with Crippen LogP contribution in [-0.2, 0) is 0 Å². The zero-order valence-corrected chi connectivity index (χ0v) is 9.91. The molecule has 0 aromatic heterocycles. The molecular weight excluding hydrogens is 180 g/mol. The molecule has 0 aromatic carbocycles. The Morgan fingerprint density at radius 2 is 1.29 bits per heavy atom. The number of hydrogen-bond donors (Lipinski definition) is 3. The van der Waals surface area contributed by atoms with Crippen molar-refractivity contribution in [3.8, 4) is 0 Å². The van der Waals surface area contributed by atoms with Gasteiger partial charge in [-0.05, 0) is 18.3 Å². The summed E-state index contributed by atoms with van der Waals surface area (Å²) in [5, 5.41) is 29.7. The van der Waals surface area contributed by atoms with Crippen LogP contribution in [0.2, 0.25) is 0 Å². The molecule has 0 aromatic rings. The molecule has 3 heteroatoms. The predicted molar refractivity (Wildman–Crippen MR) is 57.0 cm³/mol. The Kier molecular flexibility index (Phi) is 4.56. The summed E-state index contributed by atoms with van der Waals surface area (Å²) in [5.41, 5.74) is -1.59. The maximum absolute atomic E-state index is 10.0. The molecule has 0 aliphatic heterocycles. The molecule has 2 unspecified atom stereocenters. The lowest BCUT2D eigenvalue weighted by molar-refractivity contribution is -0.153. The van der Waals surface area contributed by atoms with Gasteiger partial charge in [-0.2, -0.15) is 0 Å². The van der Waals surface area contributed by atoms with Gasteiger partial charge >= 0.3 is 0 Å². The second-order valence-corrected chi connectivity index (χ2v) is 5.07. The molecule has 0 saturated carbocycles. The Morgan fingerprint density at radius 3 is 1.50 bits per heavy atom. The molecule has 3 nitrogen and oxygen atoms in total. The SMILES string of the molecule is CCC(O)(CC)C(O)C(O)C(C)(C)C. The van der Waals surface area contributed by atoms with E-state index in [1.165, 1.54) is 0 Å². The van der Waals surface area contributed by atoms with Crippen molar-refractivity contribution < 1.29 is 15.3 Å². The third kappa shape index (κ3) is 2.94. The first-order valence-electron chi connectivity index (χ1n) is 5.27. The van der Waals surface area contributed by atoms with E-state index in [1.54, 1.807) is 0 Å². The fourth-order valence-corrected chi connectivity index (χ4v) is 1.44. The van der Waals surface area contributed by atoms with Crippen LogP contribution in [0.1, 0.15) is 47.5 Å². The molecule has 0 heterocycles. The minimum atomic E-state index is -1.17. The Balaban J connectivity index is 4.67. The summed E-state index contributed by atoms with van der Waals surface area (Å²) < 4.78 is 0. The molecular formula is C11H24O3. The summed E-state index contributed by atoms with van der Waals surface area (Å²) in [4.78, 5) is 0. The largest absolute Gasteiger partial charge is 0.390 e. The first-order valence-corrected chi connectivity index (χ1v) is 5.27. The van der Waals surface area contributed by atoms with Gasteiger partial charge in [0.15, 0.2) is 0 Å². The van der Waals surface area contributed by atoms with Crippen molar-refractivity contribution in [3.63, 3.8) is 0 Å². The summed E-state index contributed by atoms with van der Waals surface area (Å²) in [7, 11) is 0. The van der Waals surface area contributed by atoms with Gasteiger partial charge in [0.1, 0.15) is 6.10 Å². The molecule has 0 aliphatic carbocycles. The van der Waals surface area contributed by atoms with E-state index in [9.17, 15) is 15.3 Å². The molecule has 86 valence electrons. The van der Waals surface area contributed by atoms with Gasteiger partial charge in [0, 0.05) is 0 Å². The molecule has 3 N–H and O–H groups in total. The van der Waals surface area contributed by atoms with Gasteiger partial charge in [0.25, 0.3) is 0 Å². The highest BCUT2D eigenvalue weighted by molar-refractivity contribution is 4.92. The molecule has 14 heavy (non-hydrogen) atoms. The van der Waals surface area contributed by atoms with E-state index in [0.717, 1.165) is 0 Å². The average Bonchev–Trinajstić information content (AvgIpc) is 2.12. The normalized spacial score (nSPS) is 18.0. The average molecular weight is 204 g/mol. The van der Waals surface area contributed by atoms with Gasteiger partial charge in [-0.1, -0.05) is 34.6 Å². The topological polar surface area (TPSA) is 60.7 Å². The van der Waals surface area contributed by atoms with E-state index in [0.29, 0.717) is 12.8 Å². The smallest absolute Gasteiger partial charge is 0.109 e. The first kappa shape index (κ1) is 13.9. The fraction of sp³-hybridized carbons (Fsp3) is 1.00. The van der Waals surface area contributed by atoms with Crippen LogP contribution in [-0.4, -0.2) is 33.1 Å². The summed E-state index contributed by atoms with van der Waals surface area (Å²) in [6.07, 6.45) is -1.11. The van der Waals surface area contributed by atoms with E-state index in [2.05, 4.69) is 0 Å². The van der Waals surface area contributed by atoms with Gasteiger partial charge < -0.3 is 15.3 Å². The van der Waals surface area contributed by atoms with Crippen molar-refractivity contribution >= 4 is 0 Å². The van der Waals surface area contributed by atoms with Crippen molar-refractivity contribution in [2.45, 2.75) is 65.3 Å². The van der Waals surface area contributed by atoms with Crippen molar-refractivity contribution in [2.24, 2.45) is 5.41 Å². The summed E-state index contributed by atoms with van der Waals surface area (Å²) >= 11 is 0. The maximum atomic E-state index is 10.0. The summed E-state index contributed by atoms with van der Waals surface area (Å²) in [6, 6.07) is 0. The second kappa shape index (κ2) is 4.60. The second-order valence-electron chi connectivity index (χ2n) is 5.07. The van der Waals surface area contributed by atoms with E-state index < -0.39 is 23.2 Å². The van der Waals surface area contributed by atoms with Crippen LogP contribution in [0, 0.1) is 5.41 Å². The number of hydrogen-bond acceptors (Lipinski definition) is 3. The molecule has 0 spiro atoms. The zero-order valence-electron chi connectivity index (χ0n) is 9.91. The quantitative estimate of drug-likeness (QED) is 0.647. The molecule has 0 amide bonds. The third-order valence-electron chi connectivity index (χ3n) is 2.96. The van der Waals surface area contributed by atoms with Gasteiger partial charge in [0.05, 0.1) is 11.7 Å². The highest BCUT2D eigenvalue weighted by Gasteiger charge is 2.41. The number of aliphatic hydroxyl groups excluding tert-OH is 2. The fourth-order valence-electron chi connectivity index (χ4n) is 1.44. The van der Waals surface area contributed by atoms with Crippen LogP contribution >= 0.6 is 0 Å². The van der Waals surface area contributed by atoms with Crippen molar-refractivity contribution in [1.29, 1.82) is 0 Å². The predicted octanol–water partition coefficient (Wildman–Crippen LogP) is 1.31. The lowest BCUT2D eigenvalue weighted by Crippen LogP contribution is -2.52. The molecule has 0 radical (unpaired) electrons.